The van der Waals surface area contributed by atoms with Crippen LogP contribution in [-0.2, 0) is 12.7 Å². The first-order chi connectivity index (χ1) is 6.45. The van der Waals surface area contributed by atoms with E-state index in [9.17, 15) is 13.2 Å². The summed E-state index contributed by atoms with van der Waals surface area (Å²) in [4.78, 5) is 0. The van der Waals surface area contributed by atoms with E-state index in [1.54, 1.807) is 7.05 Å². The van der Waals surface area contributed by atoms with Crippen LogP contribution in [0.5, 0.6) is 0 Å². The van der Waals surface area contributed by atoms with E-state index in [1.807, 2.05) is 0 Å². The van der Waals surface area contributed by atoms with Gasteiger partial charge in [0.15, 0.2) is 0 Å². The van der Waals surface area contributed by atoms with Gasteiger partial charge in [-0.15, -0.1) is 6.54 Å². The van der Waals surface area contributed by atoms with Gasteiger partial charge >= 0.3 is 6.18 Å². The second-order valence-electron chi connectivity index (χ2n) is 2.79. The number of halogens is 4. The normalized spacial score (nSPS) is 11.8. The van der Waals surface area contributed by atoms with Crippen molar-refractivity contribution in [2.45, 2.75) is 12.7 Å². The zero-order chi connectivity index (χ0) is 10.8. The van der Waals surface area contributed by atoms with Crippen LogP contribution >= 0.6 is 11.6 Å². The van der Waals surface area contributed by atoms with Gasteiger partial charge in [0.25, 0.3) is 0 Å². The van der Waals surface area contributed by atoms with Crippen molar-refractivity contribution >= 4 is 11.6 Å². The van der Waals surface area contributed by atoms with Crippen molar-refractivity contribution in [2.24, 2.45) is 0 Å². The topological polar surface area (TPSA) is 14.1 Å². The molecule has 0 aliphatic heterocycles. The lowest BCUT2D eigenvalue weighted by atomic mass is 10.1. The Morgan fingerprint density at radius 1 is 1.36 bits per heavy atom. The number of hydrogen-bond donors (Lipinski definition) is 0. The standard InChI is InChI=1S/C9H8ClF3N/c1-14-5-6-2-3-7(8(10)4-6)9(11,12)13/h2-4H,5H2,1H3/q-1. The molecule has 0 aliphatic rings. The van der Waals surface area contributed by atoms with Gasteiger partial charge in [0.05, 0.1) is 10.6 Å². The van der Waals surface area contributed by atoms with Crippen LogP contribution in [0.1, 0.15) is 11.1 Å². The van der Waals surface area contributed by atoms with Crippen LogP contribution in [0.15, 0.2) is 18.2 Å². The van der Waals surface area contributed by atoms with Crippen LogP contribution in [-0.4, -0.2) is 7.05 Å². The summed E-state index contributed by atoms with van der Waals surface area (Å²) in [5.41, 5.74) is -0.135. The second kappa shape index (κ2) is 4.19. The first-order valence-electron chi connectivity index (χ1n) is 3.86. The number of rotatable bonds is 2. The molecule has 5 heteroatoms. The van der Waals surface area contributed by atoms with Gasteiger partial charge < -0.3 is 5.32 Å². The smallest absolute Gasteiger partial charge is 0.417 e. The van der Waals surface area contributed by atoms with Gasteiger partial charge in [0.1, 0.15) is 0 Å². The maximum absolute atomic E-state index is 12.3. The molecule has 0 fully saturated rings. The maximum Gasteiger partial charge on any atom is 0.417 e. The SMILES string of the molecule is C[N-]Cc1ccc(C(F)(F)F)c(Cl)c1. The van der Waals surface area contributed by atoms with E-state index in [0.717, 1.165) is 6.07 Å². The summed E-state index contributed by atoms with van der Waals surface area (Å²) < 4.78 is 36.8. The monoisotopic (exact) mass is 222 g/mol. The molecule has 78 valence electrons. The number of alkyl halides is 3. The molecular formula is C9H8ClF3N-. The summed E-state index contributed by atoms with van der Waals surface area (Å²) >= 11 is 5.49. The first-order valence-corrected chi connectivity index (χ1v) is 4.24. The van der Waals surface area contributed by atoms with Gasteiger partial charge in [0.2, 0.25) is 0 Å². The predicted molar refractivity (Wildman–Crippen MR) is 49.4 cm³/mol. The molecule has 0 bridgehead atoms. The fourth-order valence-electron chi connectivity index (χ4n) is 1.07. The fraction of sp³-hybridized carbons (Fsp3) is 0.333. The molecule has 14 heavy (non-hydrogen) atoms. The molecule has 0 aliphatic carbocycles. The number of nitrogens with zero attached hydrogens (tertiary/aromatic N) is 1. The molecule has 0 heterocycles. The number of benzene rings is 1. The van der Waals surface area contributed by atoms with E-state index in [0.29, 0.717) is 12.1 Å². The van der Waals surface area contributed by atoms with Crippen molar-refractivity contribution in [1.29, 1.82) is 0 Å². The van der Waals surface area contributed by atoms with E-state index < -0.39 is 11.7 Å². The van der Waals surface area contributed by atoms with Gasteiger partial charge in [-0.1, -0.05) is 23.2 Å². The third-order valence-electron chi connectivity index (χ3n) is 1.68. The highest BCUT2D eigenvalue weighted by Gasteiger charge is 2.32. The van der Waals surface area contributed by atoms with Crippen molar-refractivity contribution in [2.75, 3.05) is 7.05 Å². The third-order valence-corrected chi connectivity index (χ3v) is 1.99. The highest BCUT2D eigenvalue weighted by Crippen LogP contribution is 2.35. The van der Waals surface area contributed by atoms with Crippen LogP contribution in [0.2, 0.25) is 5.02 Å². The summed E-state index contributed by atoms with van der Waals surface area (Å²) in [5.74, 6) is 0. The lowest BCUT2D eigenvalue weighted by Crippen LogP contribution is -2.05. The largest absolute Gasteiger partial charge is 0.661 e. The molecular weight excluding hydrogens is 215 g/mol. The minimum atomic E-state index is -4.39. The minimum Gasteiger partial charge on any atom is -0.661 e. The minimum absolute atomic E-state index is 0.279. The Balaban J connectivity index is 3.02. The molecule has 0 N–H and O–H groups in total. The number of hydrogen-bond acceptors (Lipinski definition) is 0. The van der Waals surface area contributed by atoms with Crippen LogP contribution in [0, 0.1) is 0 Å². The Morgan fingerprint density at radius 2 is 2.00 bits per heavy atom. The fourth-order valence-corrected chi connectivity index (χ4v) is 1.38. The lowest BCUT2D eigenvalue weighted by Gasteiger charge is -2.14. The van der Waals surface area contributed by atoms with Crippen LogP contribution in [0.4, 0.5) is 13.2 Å². The summed E-state index contributed by atoms with van der Waals surface area (Å²) in [6, 6.07) is 3.64. The molecule has 0 radical (unpaired) electrons. The molecule has 1 aromatic carbocycles. The molecule has 0 aromatic heterocycles. The summed E-state index contributed by atoms with van der Waals surface area (Å²) in [6.45, 7) is 0.373. The Kier molecular flexibility index (Phi) is 3.39. The summed E-state index contributed by atoms with van der Waals surface area (Å²) in [5, 5.41) is 3.52. The Bertz CT molecular complexity index is 322. The molecule has 1 aromatic rings. The molecule has 0 unspecified atom stereocenters. The lowest BCUT2D eigenvalue weighted by molar-refractivity contribution is -0.137. The highest BCUT2D eigenvalue weighted by atomic mass is 35.5. The Morgan fingerprint density at radius 3 is 2.43 bits per heavy atom. The summed E-state index contributed by atoms with van der Waals surface area (Å²) in [6.07, 6.45) is -4.39. The molecule has 0 saturated heterocycles. The van der Waals surface area contributed by atoms with E-state index in [1.165, 1.54) is 12.1 Å². The zero-order valence-corrected chi connectivity index (χ0v) is 8.15. The first kappa shape index (κ1) is 11.3. The predicted octanol–water partition coefficient (Wildman–Crippen LogP) is 3.86. The van der Waals surface area contributed by atoms with E-state index >= 15 is 0 Å². The average molecular weight is 223 g/mol. The van der Waals surface area contributed by atoms with Gasteiger partial charge in [-0.05, 0) is 12.1 Å². The van der Waals surface area contributed by atoms with Crippen molar-refractivity contribution in [3.63, 3.8) is 0 Å². The van der Waals surface area contributed by atoms with Gasteiger partial charge in [-0.2, -0.15) is 20.2 Å². The van der Waals surface area contributed by atoms with Gasteiger partial charge in [-0.3, -0.25) is 0 Å². The van der Waals surface area contributed by atoms with Crippen LogP contribution in [0.3, 0.4) is 0 Å². The van der Waals surface area contributed by atoms with Crippen molar-refractivity contribution < 1.29 is 13.2 Å². The van der Waals surface area contributed by atoms with E-state index in [-0.39, 0.29) is 5.02 Å². The zero-order valence-electron chi connectivity index (χ0n) is 7.40. The molecule has 1 nitrogen and oxygen atoms in total. The molecule has 0 atom stereocenters. The van der Waals surface area contributed by atoms with Crippen LogP contribution < -0.4 is 0 Å². The average Bonchev–Trinajstić information content (AvgIpc) is 2.02. The second-order valence-corrected chi connectivity index (χ2v) is 3.19. The molecule has 0 spiro atoms. The molecule has 0 amide bonds. The molecule has 0 saturated carbocycles. The Labute approximate surface area is 84.9 Å². The van der Waals surface area contributed by atoms with E-state index in [4.69, 9.17) is 11.6 Å². The van der Waals surface area contributed by atoms with Crippen molar-refractivity contribution in [3.8, 4) is 0 Å². The summed E-state index contributed by atoms with van der Waals surface area (Å²) in [7, 11) is 1.59. The van der Waals surface area contributed by atoms with E-state index in [2.05, 4.69) is 5.32 Å². The quantitative estimate of drug-likeness (QED) is 0.721. The van der Waals surface area contributed by atoms with Crippen molar-refractivity contribution in [3.05, 3.63) is 39.7 Å². The Hall–Kier alpha value is -0.740. The third kappa shape index (κ3) is 2.62. The van der Waals surface area contributed by atoms with Crippen LogP contribution in [0.25, 0.3) is 5.32 Å². The van der Waals surface area contributed by atoms with Gasteiger partial charge in [-0.25, -0.2) is 0 Å². The molecule has 1 rings (SSSR count). The highest BCUT2D eigenvalue weighted by molar-refractivity contribution is 6.31. The maximum atomic E-state index is 12.3. The van der Waals surface area contributed by atoms with Crippen molar-refractivity contribution in [1.82, 2.24) is 0 Å². The van der Waals surface area contributed by atoms with Gasteiger partial charge in [0, 0.05) is 0 Å².